The number of hydrogen-bond acceptors (Lipinski definition) is 3. The molecule has 2 amide bonds. The summed E-state index contributed by atoms with van der Waals surface area (Å²) in [5, 5.41) is 3.96. The Morgan fingerprint density at radius 2 is 1.77 bits per heavy atom. The fourth-order valence-corrected chi connectivity index (χ4v) is 4.10. The van der Waals surface area contributed by atoms with Crippen LogP contribution in [0.25, 0.3) is 0 Å². The Morgan fingerprint density at radius 3 is 2.48 bits per heavy atom. The number of amides is 2. The Bertz CT molecular complexity index is 1130. The number of hydrogen-bond donors (Lipinski definition) is 1. The van der Waals surface area contributed by atoms with Crippen LogP contribution in [0.4, 0.5) is 5.69 Å². The van der Waals surface area contributed by atoms with E-state index in [2.05, 4.69) is 5.32 Å². The Kier molecular flexibility index (Phi) is 6.16. The van der Waals surface area contributed by atoms with Crippen molar-refractivity contribution in [3.8, 4) is 5.75 Å². The summed E-state index contributed by atoms with van der Waals surface area (Å²) in [6.45, 7) is 0.436. The number of anilines is 1. The number of nitrogens with zero attached hydrogens (tertiary/aromatic N) is 1. The van der Waals surface area contributed by atoms with Crippen LogP contribution in [0.2, 0.25) is 10.0 Å². The van der Waals surface area contributed by atoms with E-state index in [-0.39, 0.29) is 17.9 Å². The van der Waals surface area contributed by atoms with Crippen LogP contribution < -0.4 is 15.0 Å². The monoisotopic (exact) mass is 454 g/mol. The van der Waals surface area contributed by atoms with Crippen molar-refractivity contribution >= 4 is 40.7 Å². The smallest absolute Gasteiger partial charge is 0.258 e. The highest BCUT2D eigenvalue weighted by atomic mass is 35.5. The number of rotatable bonds is 4. The predicted molar refractivity (Wildman–Crippen MR) is 122 cm³/mol. The molecular formula is C24H20Cl2N2O3. The van der Waals surface area contributed by atoms with E-state index in [1.165, 1.54) is 0 Å². The van der Waals surface area contributed by atoms with E-state index < -0.39 is 0 Å². The first kappa shape index (κ1) is 21.2. The summed E-state index contributed by atoms with van der Waals surface area (Å²) in [5.74, 6) is 0.287. The van der Waals surface area contributed by atoms with Crippen LogP contribution in [0.5, 0.6) is 5.75 Å². The maximum absolute atomic E-state index is 13.2. The lowest BCUT2D eigenvalue weighted by atomic mass is 9.95. The van der Waals surface area contributed by atoms with Gasteiger partial charge in [-0.15, -0.1) is 0 Å². The Hall–Kier alpha value is -3.02. The quantitative estimate of drug-likeness (QED) is 0.564. The van der Waals surface area contributed by atoms with Gasteiger partial charge < -0.3 is 15.0 Å². The molecule has 0 spiro atoms. The van der Waals surface area contributed by atoms with Crippen LogP contribution in [-0.2, 0) is 0 Å². The molecule has 3 aromatic carbocycles. The van der Waals surface area contributed by atoms with Crippen molar-refractivity contribution in [2.24, 2.45) is 0 Å². The average Bonchev–Trinajstić information content (AvgIpc) is 2.79. The fourth-order valence-electron chi connectivity index (χ4n) is 3.71. The van der Waals surface area contributed by atoms with E-state index >= 15 is 0 Å². The fraction of sp³-hybridized carbons (Fsp3) is 0.167. The number of carbonyl (C=O) groups excluding carboxylic acids is 2. The molecule has 0 bridgehead atoms. The molecule has 158 valence electrons. The Balaban J connectivity index is 1.62. The van der Waals surface area contributed by atoms with E-state index in [1.54, 1.807) is 72.7 Å². The first-order valence-corrected chi connectivity index (χ1v) is 10.5. The first-order valence-electron chi connectivity index (χ1n) is 9.78. The maximum Gasteiger partial charge on any atom is 0.258 e. The Morgan fingerprint density at radius 1 is 1.03 bits per heavy atom. The second-order valence-electron chi connectivity index (χ2n) is 7.18. The van der Waals surface area contributed by atoms with Crippen molar-refractivity contribution in [1.29, 1.82) is 0 Å². The second-order valence-corrected chi connectivity index (χ2v) is 8.03. The third-order valence-electron chi connectivity index (χ3n) is 5.31. The highest BCUT2D eigenvalue weighted by molar-refractivity contribution is 6.33. The minimum atomic E-state index is -0.268. The van der Waals surface area contributed by atoms with Gasteiger partial charge in [-0.25, -0.2) is 0 Å². The van der Waals surface area contributed by atoms with Crippen molar-refractivity contribution in [1.82, 2.24) is 5.32 Å². The number of carbonyl (C=O) groups is 2. The van der Waals surface area contributed by atoms with Gasteiger partial charge in [0.25, 0.3) is 11.8 Å². The SMILES string of the molecule is COc1ccc(C(=O)N2CCC(NC(=O)c3ccccc3Cl)c3ccc(Cl)cc32)cc1. The molecule has 0 aliphatic carbocycles. The molecule has 0 saturated heterocycles. The van der Waals surface area contributed by atoms with Gasteiger partial charge >= 0.3 is 0 Å². The number of benzene rings is 3. The minimum Gasteiger partial charge on any atom is -0.497 e. The largest absolute Gasteiger partial charge is 0.497 e. The number of fused-ring (bicyclic) bond motifs is 1. The molecule has 7 heteroatoms. The number of methoxy groups -OCH3 is 1. The van der Waals surface area contributed by atoms with Crippen LogP contribution in [0, 0.1) is 0 Å². The molecule has 0 aromatic heterocycles. The zero-order valence-electron chi connectivity index (χ0n) is 16.8. The van der Waals surface area contributed by atoms with Crippen molar-refractivity contribution in [3.05, 3.63) is 93.5 Å². The van der Waals surface area contributed by atoms with Crippen LogP contribution in [0.3, 0.4) is 0 Å². The van der Waals surface area contributed by atoms with E-state index in [4.69, 9.17) is 27.9 Å². The lowest BCUT2D eigenvalue weighted by Crippen LogP contribution is -2.41. The summed E-state index contributed by atoms with van der Waals surface area (Å²) >= 11 is 12.4. The normalized spacial score (nSPS) is 15.2. The summed E-state index contributed by atoms with van der Waals surface area (Å²) in [6, 6.07) is 19.0. The Labute approximate surface area is 190 Å². The standard InChI is InChI=1S/C24H20Cl2N2O3/c1-31-17-9-6-15(7-10-17)24(30)28-13-12-21(19-11-8-16(25)14-22(19)28)27-23(29)18-4-2-3-5-20(18)26/h2-11,14,21H,12-13H2,1H3,(H,27,29). The molecule has 1 aliphatic heterocycles. The van der Waals surface area contributed by atoms with Gasteiger partial charge in [0.2, 0.25) is 0 Å². The number of nitrogens with one attached hydrogen (secondary N) is 1. The van der Waals surface area contributed by atoms with E-state index in [0.29, 0.717) is 45.6 Å². The van der Waals surface area contributed by atoms with Gasteiger partial charge in [0, 0.05) is 17.1 Å². The second kappa shape index (κ2) is 9.00. The molecule has 1 aliphatic rings. The molecule has 1 unspecified atom stereocenters. The maximum atomic E-state index is 13.2. The van der Waals surface area contributed by atoms with E-state index in [9.17, 15) is 9.59 Å². The predicted octanol–water partition coefficient (Wildman–Crippen LogP) is 5.52. The number of halogens is 2. The van der Waals surface area contributed by atoms with E-state index in [1.807, 2.05) is 6.07 Å². The average molecular weight is 455 g/mol. The van der Waals surface area contributed by atoms with Crippen LogP contribution in [0.1, 0.15) is 38.7 Å². The molecule has 1 N–H and O–H groups in total. The van der Waals surface area contributed by atoms with Gasteiger partial charge in [0.15, 0.2) is 0 Å². The van der Waals surface area contributed by atoms with Crippen molar-refractivity contribution in [2.75, 3.05) is 18.6 Å². The molecule has 1 heterocycles. The lowest BCUT2D eigenvalue weighted by molar-refractivity contribution is 0.0933. The van der Waals surface area contributed by atoms with Crippen LogP contribution >= 0.6 is 23.2 Å². The van der Waals surface area contributed by atoms with Crippen molar-refractivity contribution in [2.45, 2.75) is 12.5 Å². The van der Waals surface area contributed by atoms with E-state index in [0.717, 1.165) is 5.56 Å². The molecule has 31 heavy (non-hydrogen) atoms. The molecule has 0 saturated carbocycles. The van der Waals surface area contributed by atoms with Gasteiger partial charge in [0.1, 0.15) is 5.75 Å². The molecule has 0 fully saturated rings. The zero-order chi connectivity index (χ0) is 22.0. The van der Waals surface area contributed by atoms with Gasteiger partial charge in [-0.05, 0) is 60.5 Å². The van der Waals surface area contributed by atoms with Gasteiger partial charge in [0.05, 0.1) is 29.4 Å². The molecule has 4 rings (SSSR count). The molecular weight excluding hydrogens is 435 g/mol. The van der Waals surface area contributed by atoms with Crippen LogP contribution in [0.15, 0.2) is 66.7 Å². The summed E-state index contributed by atoms with van der Waals surface area (Å²) in [4.78, 5) is 27.7. The summed E-state index contributed by atoms with van der Waals surface area (Å²) in [5.41, 5.74) is 2.48. The van der Waals surface area contributed by atoms with Crippen LogP contribution in [-0.4, -0.2) is 25.5 Å². The molecule has 3 aromatic rings. The minimum absolute atomic E-state index is 0.137. The first-order chi connectivity index (χ1) is 15.0. The van der Waals surface area contributed by atoms with Crippen molar-refractivity contribution < 1.29 is 14.3 Å². The van der Waals surface area contributed by atoms with Gasteiger partial charge in [-0.2, -0.15) is 0 Å². The van der Waals surface area contributed by atoms with Gasteiger partial charge in [-0.3, -0.25) is 9.59 Å². The lowest BCUT2D eigenvalue weighted by Gasteiger charge is -2.35. The summed E-state index contributed by atoms with van der Waals surface area (Å²) in [6.07, 6.45) is 0.562. The third-order valence-corrected chi connectivity index (χ3v) is 5.87. The zero-order valence-corrected chi connectivity index (χ0v) is 18.3. The highest BCUT2D eigenvalue weighted by Crippen LogP contribution is 2.37. The topological polar surface area (TPSA) is 58.6 Å². The third kappa shape index (κ3) is 4.38. The molecule has 1 atom stereocenters. The van der Waals surface area contributed by atoms with Gasteiger partial charge in [-0.1, -0.05) is 41.4 Å². The highest BCUT2D eigenvalue weighted by Gasteiger charge is 2.31. The molecule has 0 radical (unpaired) electrons. The summed E-state index contributed by atoms with van der Waals surface area (Å²) in [7, 11) is 1.58. The van der Waals surface area contributed by atoms with Crippen molar-refractivity contribution in [3.63, 3.8) is 0 Å². The summed E-state index contributed by atoms with van der Waals surface area (Å²) < 4.78 is 5.17. The number of ether oxygens (including phenoxy) is 1. The molecule has 5 nitrogen and oxygen atoms in total.